The predicted octanol–water partition coefficient (Wildman–Crippen LogP) is 3.41. The van der Waals surface area contributed by atoms with Gasteiger partial charge < -0.3 is 20.2 Å². The van der Waals surface area contributed by atoms with Crippen LogP contribution >= 0.6 is 0 Å². The van der Waals surface area contributed by atoms with Crippen LogP contribution in [0.4, 0.5) is 6.01 Å². The van der Waals surface area contributed by atoms with Crippen LogP contribution in [0, 0.1) is 0 Å². The van der Waals surface area contributed by atoms with Gasteiger partial charge in [-0.2, -0.15) is 4.98 Å². The van der Waals surface area contributed by atoms with E-state index in [1.807, 2.05) is 13.8 Å². The Balaban J connectivity index is 0.00000176. The maximum Gasteiger partial charge on any atom is 0.295 e. The van der Waals surface area contributed by atoms with Crippen molar-refractivity contribution in [2.24, 2.45) is 4.99 Å². The van der Waals surface area contributed by atoms with Crippen molar-refractivity contribution in [1.29, 1.82) is 0 Å². The molecule has 0 fully saturated rings. The number of oxazole rings is 1. The zero-order chi connectivity index (χ0) is 20.4. The second-order valence-electron chi connectivity index (χ2n) is 6.27. The number of hydrogen-bond donors (Lipinski definition) is 3. The number of amides is 1. The van der Waals surface area contributed by atoms with Gasteiger partial charge in [0.15, 0.2) is 5.58 Å². The molecule has 2 rings (SSSR count). The molecule has 2 atom stereocenters. The maximum absolute atomic E-state index is 12.6. The molecule has 0 saturated heterocycles. The summed E-state index contributed by atoms with van der Waals surface area (Å²) in [6.07, 6.45) is 0.889. The zero-order valence-electron chi connectivity index (χ0n) is 16.6. The van der Waals surface area contributed by atoms with Gasteiger partial charge in [-0.15, -0.1) is 13.2 Å². The Bertz CT molecular complexity index is 768. The molecule has 0 bridgehead atoms. The SMILES string of the molecule is C=C.CN=C(C)CC(C)NC(=O)c1cccc2oc(NCCC(C)O)nc12. The highest BCUT2D eigenvalue weighted by Crippen LogP contribution is 2.22. The lowest BCUT2D eigenvalue weighted by Gasteiger charge is -2.13. The van der Waals surface area contributed by atoms with Gasteiger partial charge in [-0.25, -0.2) is 0 Å². The van der Waals surface area contributed by atoms with E-state index in [0.717, 1.165) is 5.71 Å². The molecule has 0 aliphatic heterocycles. The lowest BCUT2D eigenvalue weighted by molar-refractivity contribution is 0.0942. The first kappa shape index (κ1) is 22.4. The standard InChI is InChI=1S/C18H26N4O3.C2H4/c1-11(19-4)10-12(2)21-17(24)14-6-5-7-15-16(14)22-18(25-15)20-9-8-13(3)23;1-2/h5-7,12-13,23H,8-10H2,1-4H3,(H,20,22)(H,21,24);1-2H2. The molecule has 7 nitrogen and oxygen atoms in total. The van der Waals surface area contributed by atoms with Gasteiger partial charge >= 0.3 is 0 Å². The number of nitrogens with zero attached hydrogens (tertiary/aromatic N) is 2. The minimum atomic E-state index is -0.394. The van der Waals surface area contributed by atoms with E-state index in [1.165, 1.54) is 0 Å². The molecule has 2 aromatic rings. The number of aliphatic hydroxyl groups is 1. The summed E-state index contributed by atoms with van der Waals surface area (Å²) in [6, 6.07) is 5.59. The van der Waals surface area contributed by atoms with E-state index < -0.39 is 6.10 Å². The van der Waals surface area contributed by atoms with E-state index in [4.69, 9.17) is 4.42 Å². The molecule has 1 amide bonds. The van der Waals surface area contributed by atoms with E-state index >= 15 is 0 Å². The number of anilines is 1. The minimum absolute atomic E-state index is 0.0259. The Labute approximate surface area is 160 Å². The molecule has 148 valence electrons. The fraction of sp³-hybridized carbons (Fsp3) is 0.450. The second kappa shape index (κ2) is 11.1. The first-order valence-electron chi connectivity index (χ1n) is 8.95. The van der Waals surface area contributed by atoms with Crippen LogP contribution in [0.25, 0.3) is 11.1 Å². The van der Waals surface area contributed by atoms with Crippen LogP contribution in [0.2, 0.25) is 0 Å². The minimum Gasteiger partial charge on any atom is -0.424 e. The fourth-order valence-electron chi connectivity index (χ4n) is 2.48. The summed E-state index contributed by atoms with van der Waals surface area (Å²) in [6.45, 7) is 12.1. The summed E-state index contributed by atoms with van der Waals surface area (Å²) >= 11 is 0. The van der Waals surface area contributed by atoms with E-state index in [9.17, 15) is 9.90 Å². The topological polar surface area (TPSA) is 99.8 Å². The monoisotopic (exact) mass is 374 g/mol. The van der Waals surface area contributed by atoms with Crippen LogP contribution in [-0.2, 0) is 0 Å². The van der Waals surface area contributed by atoms with E-state index in [-0.39, 0.29) is 11.9 Å². The first-order chi connectivity index (χ1) is 12.9. The maximum atomic E-state index is 12.6. The van der Waals surface area contributed by atoms with Crippen LogP contribution < -0.4 is 10.6 Å². The number of carbonyl (C=O) groups excluding carboxylic acids is 1. The van der Waals surface area contributed by atoms with Gasteiger partial charge in [0.25, 0.3) is 11.9 Å². The number of para-hydroxylation sites is 1. The summed E-state index contributed by atoms with van der Waals surface area (Å²) in [5.41, 5.74) is 2.53. The third kappa shape index (κ3) is 6.86. The molecular weight excluding hydrogens is 344 g/mol. The smallest absolute Gasteiger partial charge is 0.295 e. The third-order valence-corrected chi connectivity index (χ3v) is 3.86. The summed E-state index contributed by atoms with van der Waals surface area (Å²) in [4.78, 5) is 21.1. The second-order valence-corrected chi connectivity index (χ2v) is 6.27. The number of carbonyl (C=O) groups is 1. The Morgan fingerprint density at radius 1 is 1.37 bits per heavy atom. The van der Waals surface area contributed by atoms with Gasteiger partial charge in [0.2, 0.25) is 0 Å². The molecule has 3 N–H and O–H groups in total. The molecule has 0 aliphatic carbocycles. The van der Waals surface area contributed by atoms with Crippen molar-refractivity contribution in [3.8, 4) is 0 Å². The van der Waals surface area contributed by atoms with E-state index in [1.54, 1.807) is 32.2 Å². The molecule has 0 aliphatic rings. The lowest BCUT2D eigenvalue weighted by atomic mass is 10.1. The lowest BCUT2D eigenvalue weighted by Crippen LogP contribution is -2.34. The summed E-state index contributed by atoms with van der Waals surface area (Å²) in [5, 5.41) is 15.3. The Kier molecular flexibility index (Phi) is 9.22. The highest BCUT2D eigenvalue weighted by atomic mass is 16.4. The number of hydrogen-bond acceptors (Lipinski definition) is 6. The number of benzene rings is 1. The van der Waals surface area contributed by atoms with Crippen LogP contribution in [0.1, 0.15) is 44.0 Å². The molecule has 2 unspecified atom stereocenters. The molecular formula is C20H30N4O3. The number of aliphatic imine (C=N–C) groups is 1. The highest BCUT2D eigenvalue weighted by molar-refractivity contribution is 6.05. The van der Waals surface area contributed by atoms with Crippen LogP contribution in [0.15, 0.2) is 40.8 Å². The van der Waals surface area contributed by atoms with Crippen molar-refractivity contribution < 1.29 is 14.3 Å². The van der Waals surface area contributed by atoms with Crippen molar-refractivity contribution in [2.75, 3.05) is 18.9 Å². The van der Waals surface area contributed by atoms with Crippen LogP contribution in [0.3, 0.4) is 0 Å². The Morgan fingerprint density at radius 2 is 2.07 bits per heavy atom. The zero-order valence-corrected chi connectivity index (χ0v) is 16.6. The molecule has 0 saturated carbocycles. The number of fused-ring (bicyclic) bond motifs is 1. The molecule has 1 aromatic heterocycles. The number of aromatic nitrogens is 1. The van der Waals surface area contributed by atoms with Gasteiger partial charge in [-0.3, -0.25) is 9.79 Å². The molecule has 27 heavy (non-hydrogen) atoms. The number of nitrogens with one attached hydrogen (secondary N) is 2. The van der Waals surface area contributed by atoms with Crippen LogP contribution in [0.5, 0.6) is 0 Å². The largest absolute Gasteiger partial charge is 0.424 e. The normalized spacial score (nSPS) is 13.4. The third-order valence-electron chi connectivity index (χ3n) is 3.86. The highest BCUT2D eigenvalue weighted by Gasteiger charge is 2.17. The van der Waals surface area contributed by atoms with Crippen molar-refractivity contribution >= 4 is 28.7 Å². The molecule has 1 heterocycles. The van der Waals surface area contributed by atoms with Gasteiger partial charge in [-0.05, 0) is 39.3 Å². The summed E-state index contributed by atoms with van der Waals surface area (Å²) in [7, 11) is 1.74. The van der Waals surface area contributed by atoms with Gasteiger partial charge in [0.1, 0.15) is 5.52 Å². The summed E-state index contributed by atoms with van der Waals surface area (Å²) < 4.78 is 5.62. The molecule has 0 spiro atoms. The summed E-state index contributed by atoms with van der Waals surface area (Å²) in [5.74, 6) is -0.189. The Morgan fingerprint density at radius 3 is 2.70 bits per heavy atom. The van der Waals surface area contributed by atoms with Crippen molar-refractivity contribution in [1.82, 2.24) is 10.3 Å². The van der Waals surface area contributed by atoms with Crippen molar-refractivity contribution in [2.45, 2.75) is 45.8 Å². The number of aliphatic hydroxyl groups excluding tert-OH is 1. The average molecular weight is 374 g/mol. The predicted molar refractivity (Wildman–Crippen MR) is 111 cm³/mol. The average Bonchev–Trinajstić information content (AvgIpc) is 3.05. The fourth-order valence-corrected chi connectivity index (χ4v) is 2.48. The van der Waals surface area contributed by atoms with Gasteiger partial charge in [-0.1, -0.05) is 6.07 Å². The van der Waals surface area contributed by atoms with E-state index in [0.29, 0.717) is 42.1 Å². The molecule has 7 heteroatoms. The molecule has 1 aromatic carbocycles. The Hall–Kier alpha value is -2.67. The number of rotatable bonds is 8. The van der Waals surface area contributed by atoms with Crippen LogP contribution in [-0.4, -0.2) is 47.4 Å². The van der Waals surface area contributed by atoms with Crippen molar-refractivity contribution in [3.05, 3.63) is 36.9 Å². The van der Waals surface area contributed by atoms with Gasteiger partial charge in [0.05, 0.1) is 11.7 Å². The van der Waals surface area contributed by atoms with Gasteiger partial charge in [0, 0.05) is 31.8 Å². The first-order valence-corrected chi connectivity index (χ1v) is 8.95. The quantitative estimate of drug-likeness (QED) is 0.486. The molecule has 0 radical (unpaired) electrons. The van der Waals surface area contributed by atoms with Crippen molar-refractivity contribution in [3.63, 3.8) is 0 Å². The van der Waals surface area contributed by atoms with E-state index in [2.05, 4.69) is 33.8 Å².